The first kappa shape index (κ1) is 17.0. The Bertz CT molecular complexity index is 1150. The van der Waals surface area contributed by atoms with Crippen LogP contribution < -0.4 is 4.90 Å². The third-order valence-corrected chi connectivity index (χ3v) is 6.58. The van der Waals surface area contributed by atoms with E-state index in [9.17, 15) is 5.11 Å². The van der Waals surface area contributed by atoms with E-state index in [4.69, 9.17) is 4.42 Å². The summed E-state index contributed by atoms with van der Waals surface area (Å²) >= 11 is 0. The SMILES string of the molecule is OCC12CN(Cc3cc4ccccc4o3)CC1CN(c1nnc3ccccn13)C2. The summed E-state index contributed by atoms with van der Waals surface area (Å²) in [6.45, 7) is 4.44. The van der Waals surface area contributed by atoms with Crippen LogP contribution in [0.3, 0.4) is 0 Å². The number of aliphatic hydroxyl groups excluding tert-OH is 1. The van der Waals surface area contributed by atoms with Gasteiger partial charge in [-0.1, -0.05) is 24.3 Å². The second-order valence-corrected chi connectivity index (χ2v) is 8.45. The second kappa shape index (κ2) is 6.30. The van der Waals surface area contributed by atoms with Crippen LogP contribution in [0, 0.1) is 11.3 Å². The fourth-order valence-electron chi connectivity index (χ4n) is 5.17. The molecule has 5 heterocycles. The zero-order valence-corrected chi connectivity index (χ0v) is 16.1. The molecular weight excluding hydrogens is 366 g/mol. The average molecular weight is 389 g/mol. The zero-order valence-electron chi connectivity index (χ0n) is 16.1. The van der Waals surface area contributed by atoms with Crippen molar-refractivity contribution in [2.75, 3.05) is 37.7 Å². The molecule has 2 saturated heterocycles. The maximum atomic E-state index is 10.3. The predicted molar refractivity (Wildman–Crippen MR) is 110 cm³/mol. The lowest BCUT2D eigenvalue weighted by Gasteiger charge is -2.27. The van der Waals surface area contributed by atoms with Gasteiger partial charge in [0.25, 0.3) is 0 Å². The summed E-state index contributed by atoms with van der Waals surface area (Å²) in [5, 5.41) is 20.2. The number of aliphatic hydroxyl groups is 1. The minimum Gasteiger partial charge on any atom is -0.460 e. The molecule has 2 fully saturated rings. The van der Waals surface area contributed by atoms with Crippen LogP contribution in [0.25, 0.3) is 16.6 Å². The Morgan fingerprint density at radius 1 is 1.07 bits per heavy atom. The van der Waals surface area contributed by atoms with E-state index in [0.717, 1.165) is 61.0 Å². The van der Waals surface area contributed by atoms with Crippen LogP contribution in [0.4, 0.5) is 5.95 Å². The summed E-state index contributed by atoms with van der Waals surface area (Å²) in [7, 11) is 0. The molecular formula is C22H23N5O2. The van der Waals surface area contributed by atoms with Crippen molar-refractivity contribution in [1.29, 1.82) is 0 Å². The number of likely N-dealkylation sites (tertiary alicyclic amines) is 1. The average Bonchev–Trinajstić information content (AvgIpc) is 3.47. The third-order valence-electron chi connectivity index (χ3n) is 6.58. The third kappa shape index (κ3) is 2.65. The van der Waals surface area contributed by atoms with Crippen molar-refractivity contribution in [1.82, 2.24) is 19.5 Å². The molecule has 1 aromatic carbocycles. The van der Waals surface area contributed by atoms with Gasteiger partial charge < -0.3 is 14.4 Å². The Kier molecular flexibility index (Phi) is 3.69. The molecule has 0 amide bonds. The maximum Gasteiger partial charge on any atom is 0.231 e. The predicted octanol–water partition coefficient (Wildman–Crippen LogP) is 2.41. The first-order valence-electron chi connectivity index (χ1n) is 10.1. The maximum absolute atomic E-state index is 10.3. The van der Waals surface area contributed by atoms with E-state index in [1.165, 1.54) is 0 Å². The van der Waals surface area contributed by atoms with Crippen LogP contribution in [-0.2, 0) is 6.54 Å². The number of para-hydroxylation sites is 1. The molecule has 0 spiro atoms. The Hall–Kier alpha value is -2.90. The van der Waals surface area contributed by atoms with Gasteiger partial charge in [-0.05, 0) is 30.2 Å². The minimum absolute atomic E-state index is 0.132. The molecule has 1 N–H and O–H groups in total. The van der Waals surface area contributed by atoms with Gasteiger partial charge in [0.15, 0.2) is 5.65 Å². The van der Waals surface area contributed by atoms with E-state index in [0.29, 0.717) is 5.92 Å². The van der Waals surface area contributed by atoms with E-state index < -0.39 is 0 Å². The topological polar surface area (TPSA) is 70.0 Å². The number of rotatable bonds is 4. The van der Waals surface area contributed by atoms with Crippen molar-refractivity contribution in [3.8, 4) is 0 Å². The highest BCUT2D eigenvalue weighted by Gasteiger charge is 2.52. The van der Waals surface area contributed by atoms with Gasteiger partial charge in [-0.3, -0.25) is 9.30 Å². The zero-order chi connectivity index (χ0) is 19.4. The van der Waals surface area contributed by atoms with Crippen LogP contribution in [0.1, 0.15) is 5.76 Å². The summed E-state index contributed by atoms with van der Waals surface area (Å²) in [5.41, 5.74) is 1.65. The number of pyridine rings is 1. The summed E-state index contributed by atoms with van der Waals surface area (Å²) in [6.07, 6.45) is 2.00. The number of anilines is 1. The number of fused-ring (bicyclic) bond motifs is 3. The highest BCUT2D eigenvalue weighted by Crippen LogP contribution is 2.44. The van der Waals surface area contributed by atoms with Gasteiger partial charge in [-0.2, -0.15) is 0 Å². The van der Waals surface area contributed by atoms with Crippen molar-refractivity contribution < 1.29 is 9.52 Å². The van der Waals surface area contributed by atoms with Crippen molar-refractivity contribution in [3.63, 3.8) is 0 Å². The van der Waals surface area contributed by atoms with Gasteiger partial charge in [0, 0.05) is 43.2 Å². The number of furan rings is 1. The molecule has 0 bridgehead atoms. The molecule has 2 atom stereocenters. The van der Waals surface area contributed by atoms with E-state index in [2.05, 4.69) is 32.1 Å². The Morgan fingerprint density at radius 3 is 2.83 bits per heavy atom. The molecule has 4 aromatic rings. The standard InChI is InChI=1S/C22H23N5O2/c28-15-22-13-25(12-18-9-16-5-1-2-6-19(16)29-18)10-17(22)11-26(14-22)21-24-23-20-7-3-4-8-27(20)21/h1-9,17,28H,10-15H2. The van der Waals surface area contributed by atoms with Gasteiger partial charge >= 0.3 is 0 Å². The number of hydrogen-bond donors (Lipinski definition) is 1. The van der Waals surface area contributed by atoms with Crippen molar-refractivity contribution >= 4 is 22.6 Å². The van der Waals surface area contributed by atoms with Gasteiger partial charge in [0.05, 0.1) is 13.2 Å². The van der Waals surface area contributed by atoms with Crippen LogP contribution in [0.5, 0.6) is 0 Å². The monoisotopic (exact) mass is 389 g/mol. The molecule has 6 rings (SSSR count). The number of aromatic nitrogens is 3. The molecule has 7 heteroatoms. The lowest BCUT2D eigenvalue weighted by Crippen LogP contribution is -2.37. The largest absolute Gasteiger partial charge is 0.460 e. The fourth-order valence-corrected chi connectivity index (χ4v) is 5.17. The van der Waals surface area contributed by atoms with E-state index in [-0.39, 0.29) is 12.0 Å². The molecule has 3 aromatic heterocycles. The number of hydrogen-bond acceptors (Lipinski definition) is 6. The van der Waals surface area contributed by atoms with Gasteiger partial charge in [0.1, 0.15) is 11.3 Å². The molecule has 7 nitrogen and oxygen atoms in total. The molecule has 148 valence electrons. The van der Waals surface area contributed by atoms with Crippen molar-refractivity contribution in [2.24, 2.45) is 11.3 Å². The summed E-state index contributed by atoms with van der Waals surface area (Å²) < 4.78 is 8.04. The second-order valence-electron chi connectivity index (χ2n) is 8.45. The van der Waals surface area contributed by atoms with Crippen LogP contribution in [0.2, 0.25) is 0 Å². The summed E-state index contributed by atoms with van der Waals surface area (Å²) in [6, 6.07) is 16.2. The molecule has 2 aliphatic rings. The van der Waals surface area contributed by atoms with Gasteiger partial charge in [-0.15, -0.1) is 10.2 Å². The quantitative estimate of drug-likeness (QED) is 0.578. The Labute approximate surface area is 168 Å². The minimum atomic E-state index is -0.132. The van der Waals surface area contributed by atoms with Crippen LogP contribution in [0.15, 0.2) is 59.1 Å². The summed E-state index contributed by atoms with van der Waals surface area (Å²) in [5.74, 6) is 2.25. The highest BCUT2D eigenvalue weighted by molar-refractivity contribution is 5.77. The molecule has 0 saturated carbocycles. The Balaban J connectivity index is 1.22. The lowest BCUT2D eigenvalue weighted by atomic mass is 9.82. The van der Waals surface area contributed by atoms with E-state index in [1.54, 1.807) is 0 Å². The summed E-state index contributed by atoms with van der Waals surface area (Å²) in [4.78, 5) is 4.69. The number of nitrogens with zero attached hydrogens (tertiary/aromatic N) is 5. The van der Waals surface area contributed by atoms with Gasteiger partial charge in [-0.25, -0.2) is 0 Å². The molecule has 0 aliphatic carbocycles. The van der Waals surface area contributed by atoms with Crippen LogP contribution >= 0.6 is 0 Å². The van der Waals surface area contributed by atoms with E-state index >= 15 is 0 Å². The van der Waals surface area contributed by atoms with Crippen molar-refractivity contribution in [2.45, 2.75) is 6.54 Å². The molecule has 2 aliphatic heterocycles. The fraction of sp³-hybridized carbons (Fsp3) is 0.364. The molecule has 0 radical (unpaired) electrons. The molecule has 29 heavy (non-hydrogen) atoms. The van der Waals surface area contributed by atoms with Crippen LogP contribution in [-0.4, -0.2) is 57.4 Å². The van der Waals surface area contributed by atoms with Gasteiger partial charge in [0.2, 0.25) is 5.95 Å². The lowest BCUT2D eigenvalue weighted by molar-refractivity contribution is 0.124. The van der Waals surface area contributed by atoms with Crippen molar-refractivity contribution in [3.05, 3.63) is 60.5 Å². The normalized spacial score (nSPS) is 24.7. The highest BCUT2D eigenvalue weighted by atomic mass is 16.3. The molecule has 2 unspecified atom stereocenters. The smallest absolute Gasteiger partial charge is 0.231 e. The first-order valence-corrected chi connectivity index (χ1v) is 10.1. The first-order chi connectivity index (χ1) is 14.2. The number of benzene rings is 1. The Morgan fingerprint density at radius 2 is 1.97 bits per heavy atom. The van der Waals surface area contributed by atoms with E-state index in [1.807, 2.05) is 47.0 Å².